The lowest BCUT2D eigenvalue weighted by Gasteiger charge is -2.12. The number of hydrogen-bond acceptors (Lipinski definition) is 3. The van der Waals surface area contributed by atoms with Gasteiger partial charge in [-0.3, -0.25) is 4.79 Å². The molecular weight excluding hydrogens is 285 g/mol. The van der Waals surface area contributed by atoms with Crippen LogP contribution in [-0.4, -0.2) is 41.5 Å². The average Bonchev–Trinajstić information content (AvgIpc) is 2.95. The molecule has 6 heteroatoms. The van der Waals surface area contributed by atoms with Crippen LogP contribution >= 0.6 is 0 Å². The second kappa shape index (κ2) is 7.20. The lowest BCUT2D eigenvalue weighted by molar-refractivity contribution is 0.0822. The van der Waals surface area contributed by atoms with Crippen molar-refractivity contribution in [1.29, 1.82) is 0 Å². The van der Waals surface area contributed by atoms with Crippen LogP contribution in [0.3, 0.4) is 0 Å². The van der Waals surface area contributed by atoms with Crippen molar-refractivity contribution in [1.82, 2.24) is 15.2 Å². The van der Waals surface area contributed by atoms with Gasteiger partial charge in [0.2, 0.25) is 0 Å². The van der Waals surface area contributed by atoms with E-state index in [1.54, 1.807) is 32.3 Å². The van der Waals surface area contributed by atoms with Crippen molar-refractivity contribution in [3.63, 3.8) is 0 Å². The SMILES string of the molecule is CN(C)C(=O)c1ccc(CNCC(O)c2ccc(F)cc2)[nH]1. The standard InChI is InChI=1S/C16H20FN3O2/c1-20(2)16(22)14-8-7-13(19-14)9-18-10-15(21)11-3-5-12(17)6-4-11/h3-8,15,18-19,21H,9-10H2,1-2H3. The van der Waals surface area contributed by atoms with Gasteiger partial charge in [-0.05, 0) is 29.8 Å². The summed E-state index contributed by atoms with van der Waals surface area (Å²) in [6.07, 6.45) is -0.710. The molecule has 118 valence electrons. The highest BCUT2D eigenvalue weighted by molar-refractivity contribution is 5.92. The van der Waals surface area contributed by atoms with Gasteiger partial charge in [0, 0.05) is 32.9 Å². The number of aliphatic hydroxyl groups excluding tert-OH is 1. The zero-order valence-corrected chi connectivity index (χ0v) is 12.6. The molecule has 1 aromatic heterocycles. The number of nitrogens with zero attached hydrogens (tertiary/aromatic N) is 1. The average molecular weight is 305 g/mol. The van der Waals surface area contributed by atoms with Crippen molar-refractivity contribution in [3.05, 3.63) is 59.2 Å². The van der Waals surface area contributed by atoms with E-state index in [1.807, 2.05) is 6.07 Å². The maximum Gasteiger partial charge on any atom is 0.269 e. The van der Waals surface area contributed by atoms with E-state index >= 15 is 0 Å². The van der Waals surface area contributed by atoms with E-state index in [0.29, 0.717) is 24.3 Å². The molecular formula is C16H20FN3O2. The van der Waals surface area contributed by atoms with Crippen LogP contribution in [0.4, 0.5) is 4.39 Å². The predicted molar refractivity (Wildman–Crippen MR) is 81.9 cm³/mol. The first-order valence-corrected chi connectivity index (χ1v) is 7.01. The van der Waals surface area contributed by atoms with Crippen molar-refractivity contribution in [2.75, 3.05) is 20.6 Å². The highest BCUT2D eigenvalue weighted by atomic mass is 19.1. The normalized spacial score (nSPS) is 12.2. The summed E-state index contributed by atoms with van der Waals surface area (Å²) in [5, 5.41) is 13.1. The van der Waals surface area contributed by atoms with Crippen LogP contribution in [0.15, 0.2) is 36.4 Å². The van der Waals surface area contributed by atoms with Crippen molar-refractivity contribution in [2.45, 2.75) is 12.6 Å². The van der Waals surface area contributed by atoms with Crippen LogP contribution in [0.2, 0.25) is 0 Å². The van der Waals surface area contributed by atoms with Crippen LogP contribution in [0.1, 0.15) is 27.8 Å². The molecule has 1 heterocycles. The number of aliphatic hydroxyl groups is 1. The summed E-state index contributed by atoms with van der Waals surface area (Å²) < 4.78 is 12.8. The van der Waals surface area contributed by atoms with Gasteiger partial charge in [-0.2, -0.15) is 0 Å². The van der Waals surface area contributed by atoms with Gasteiger partial charge in [0.25, 0.3) is 5.91 Å². The number of H-pyrrole nitrogens is 1. The van der Waals surface area contributed by atoms with Crippen LogP contribution < -0.4 is 5.32 Å². The van der Waals surface area contributed by atoms with E-state index in [-0.39, 0.29) is 11.7 Å². The third-order valence-corrected chi connectivity index (χ3v) is 3.29. The Kier molecular flexibility index (Phi) is 5.30. The molecule has 5 nitrogen and oxygen atoms in total. The van der Waals surface area contributed by atoms with Crippen molar-refractivity contribution in [2.24, 2.45) is 0 Å². The second-order valence-corrected chi connectivity index (χ2v) is 5.30. The van der Waals surface area contributed by atoms with Crippen LogP contribution in [0.5, 0.6) is 0 Å². The smallest absolute Gasteiger partial charge is 0.269 e. The minimum Gasteiger partial charge on any atom is -0.387 e. The Bertz CT molecular complexity index is 623. The lowest BCUT2D eigenvalue weighted by atomic mass is 10.1. The summed E-state index contributed by atoms with van der Waals surface area (Å²) in [6.45, 7) is 0.834. The molecule has 0 aliphatic carbocycles. The van der Waals surface area contributed by atoms with Crippen molar-refractivity contribution in [3.8, 4) is 0 Å². The Morgan fingerprint density at radius 1 is 1.27 bits per heavy atom. The van der Waals surface area contributed by atoms with Crippen molar-refractivity contribution < 1.29 is 14.3 Å². The van der Waals surface area contributed by atoms with Gasteiger partial charge < -0.3 is 20.3 Å². The summed E-state index contributed by atoms with van der Waals surface area (Å²) in [5.41, 5.74) is 2.04. The van der Waals surface area contributed by atoms with E-state index in [9.17, 15) is 14.3 Å². The third kappa shape index (κ3) is 4.16. The fourth-order valence-electron chi connectivity index (χ4n) is 2.06. The maximum atomic E-state index is 12.8. The Hall–Kier alpha value is -2.18. The minimum atomic E-state index is -0.710. The van der Waals surface area contributed by atoms with Crippen LogP contribution in [-0.2, 0) is 6.54 Å². The highest BCUT2D eigenvalue weighted by Crippen LogP contribution is 2.12. The first-order chi connectivity index (χ1) is 10.5. The van der Waals surface area contributed by atoms with Crippen molar-refractivity contribution >= 4 is 5.91 Å². The number of amides is 1. The molecule has 22 heavy (non-hydrogen) atoms. The monoisotopic (exact) mass is 305 g/mol. The zero-order valence-electron chi connectivity index (χ0n) is 12.6. The van der Waals surface area contributed by atoms with Gasteiger partial charge in [0.05, 0.1) is 6.10 Å². The van der Waals surface area contributed by atoms with Gasteiger partial charge in [0.15, 0.2) is 0 Å². The first-order valence-electron chi connectivity index (χ1n) is 7.01. The molecule has 0 aliphatic heterocycles. The molecule has 0 saturated heterocycles. The molecule has 0 aliphatic rings. The molecule has 3 N–H and O–H groups in total. The van der Waals surface area contributed by atoms with Gasteiger partial charge in [0.1, 0.15) is 11.5 Å². The molecule has 0 fully saturated rings. The highest BCUT2D eigenvalue weighted by Gasteiger charge is 2.11. The number of halogens is 1. The van der Waals surface area contributed by atoms with Gasteiger partial charge in [-0.1, -0.05) is 12.1 Å². The minimum absolute atomic E-state index is 0.0856. The van der Waals surface area contributed by atoms with E-state index in [2.05, 4.69) is 10.3 Å². The molecule has 0 bridgehead atoms. The summed E-state index contributed by atoms with van der Waals surface area (Å²) >= 11 is 0. The number of hydrogen-bond donors (Lipinski definition) is 3. The molecule has 2 aromatic rings. The molecule has 1 aromatic carbocycles. The number of carbonyl (C=O) groups is 1. The van der Waals surface area contributed by atoms with Gasteiger partial charge in [-0.15, -0.1) is 0 Å². The predicted octanol–water partition coefficient (Wildman–Crippen LogP) is 1.68. The number of nitrogens with one attached hydrogen (secondary N) is 2. The van der Waals surface area contributed by atoms with E-state index in [0.717, 1.165) is 5.69 Å². The number of carbonyl (C=O) groups excluding carboxylic acids is 1. The van der Waals surface area contributed by atoms with Crippen LogP contribution in [0, 0.1) is 5.82 Å². The van der Waals surface area contributed by atoms with Gasteiger partial charge >= 0.3 is 0 Å². The summed E-state index contributed by atoms with van der Waals surface area (Å²) in [6, 6.07) is 9.32. The second-order valence-electron chi connectivity index (χ2n) is 5.30. The number of aromatic nitrogens is 1. The molecule has 1 amide bonds. The molecule has 0 radical (unpaired) electrons. The Balaban J connectivity index is 1.83. The summed E-state index contributed by atoms with van der Waals surface area (Å²) in [4.78, 5) is 16.3. The fourth-order valence-corrected chi connectivity index (χ4v) is 2.06. The van der Waals surface area contributed by atoms with Crippen LogP contribution in [0.25, 0.3) is 0 Å². The Morgan fingerprint density at radius 3 is 2.59 bits per heavy atom. The van der Waals surface area contributed by atoms with Gasteiger partial charge in [-0.25, -0.2) is 4.39 Å². The summed E-state index contributed by atoms with van der Waals surface area (Å²) in [7, 11) is 3.39. The lowest BCUT2D eigenvalue weighted by Crippen LogP contribution is -2.23. The number of benzene rings is 1. The summed E-state index contributed by atoms with van der Waals surface area (Å²) in [5.74, 6) is -0.411. The molecule has 2 rings (SSSR count). The van der Waals surface area contributed by atoms with E-state index in [4.69, 9.17) is 0 Å². The maximum absolute atomic E-state index is 12.8. The van der Waals surface area contributed by atoms with E-state index < -0.39 is 6.10 Å². The quantitative estimate of drug-likeness (QED) is 0.760. The fraction of sp³-hybridized carbons (Fsp3) is 0.312. The molecule has 1 atom stereocenters. The number of aromatic amines is 1. The molecule has 1 unspecified atom stereocenters. The molecule has 0 saturated carbocycles. The Labute approximate surface area is 128 Å². The molecule has 0 spiro atoms. The largest absolute Gasteiger partial charge is 0.387 e. The number of rotatable bonds is 6. The Morgan fingerprint density at radius 2 is 1.95 bits per heavy atom. The third-order valence-electron chi connectivity index (χ3n) is 3.29. The zero-order chi connectivity index (χ0) is 16.1. The van der Waals surface area contributed by atoms with E-state index in [1.165, 1.54) is 17.0 Å². The topological polar surface area (TPSA) is 68.4 Å². The first kappa shape index (κ1) is 16.2.